The fourth-order valence-corrected chi connectivity index (χ4v) is 2.35. The van der Waals surface area contributed by atoms with Crippen LogP contribution in [0.1, 0.15) is 5.56 Å². The van der Waals surface area contributed by atoms with Crippen molar-refractivity contribution >= 4 is 23.2 Å². The van der Waals surface area contributed by atoms with Crippen LogP contribution in [0.15, 0.2) is 18.2 Å². The Kier molecular flexibility index (Phi) is 3.90. The molecule has 0 aromatic heterocycles. The normalized spacial score (nSPS) is 21.4. The highest BCUT2D eigenvalue weighted by Gasteiger charge is 2.32. The third-order valence-electron chi connectivity index (χ3n) is 3.45. The van der Waals surface area contributed by atoms with Crippen LogP contribution < -0.4 is 10.6 Å². The monoisotopic (exact) mass is 267 g/mol. The van der Waals surface area contributed by atoms with E-state index in [2.05, 4.69) is 0 Å². The van der Waals surface area contributed by atoms with Crippen LogP contribution in [-0.4, -0.2) is 43.5 Å². The third kappa shape index (κ3) is 2.36. The first-order valence-corrected chi connectivity index (χ1v) is 6.40. The molecule has 0 saturated carbocycles. The Balaban J connectivity index is 2.27. The van der Waals surface area contributed by atoms with Crippen LogP contribution in [0.25, 0.3) is 0 Å². The van der Waals surface area contributed by atoms with E-state index in [1.54, 1.807) is 4.90 Å². The summed E-state index contributed by atoms with van der Waals surface area (Å²) in [5.41, 5.74) is 7.52. The number of anilines is 1. The fraction of sp³-hybridized carbons (Fsp3) is 0.462. The number of aryl methyl sites for hydroxylation is 1. The van der Waals surface area contributed by atoms with E-state index in [4.69, 9.17) is 17.3 Å². The molecule has 0 aliphatic carbocycles. The van der Waals surface area contributed by atoms with Crippen molar-refractivity contribution in [1.82, 2.24) is 4.90 Å². The summed E-state index contributed by atoms with van der Waals surface area (Å²) in [5.74, 6) is 0.0474. The van der Waals surface area contributed by atoms with Gasteiger partial charge in [0.2, 0.25) is 5.91 Å². The van der Waals surface area contributed by atoms with Gasteiger partial charge in [-0.15, -0.1) is 0 Å². The van der Waals surface area contributed by atoms with Gasteiger partial charge in [0, 0.05) is 30.3 Å². The summed E-state index contributed by atoms with van der Waals surface area (Å²) in [4.78, 5) is 16.1. The Bertz CT molecular complexity index is 464. The predicted molar refractivity (Wildman–Crippen MR) is 74.0 cm³/mol. The molecule has 1 fully saturated rings. The first-order chi connectivity index (χ1) is 8.54. The van der Waals surface area contributed by atoms with Gasteiger partial charge in [-0.2, -0.15) is 0 Å². The molecule has 1 aromatic rings. The topological polar surface area (TPSA) is 49.6 Å². The summed E-state index contributed by atoms with van der Waals surface area (Å²) in [5, 5.41) is 0.684. The highest BCUT2D eigenvalue weighted by molar-refractivity contribution is 6.31. The Morgan fingerprint density at radius 3 is 2.78 bits per heavy atom. The molecular weight excluding hydrogens is 250 g/mol. The molecule has 0 bridgehead atoms. The summed E-state index contributed by atoms with van der Waals surface area (Å²) >= 11 is 6.11. The number of rotatable bonds is 2. The molecule has 4 nitrogen and oxygen atoms in total. The number of carbonyl (C=O) groups excluding carboxylic acids is 1. The molecule has 0 spiro atoms. The molecule has 18 heavy (non-hydrogen) atoms. The maximum Gasteiger partial charge on any atom is 0.245 e. The highest BCUT2D eigenvalue weighted by Crippen LogP contribution is 2.25. The summed E-state index contributed by atoms with van der Waals surface area (Å²) < 4.78 is 0. The number of carbonyl (C=O) groups is 1. The van der Waals surface area contributed by atoms with E-state index in [-0.39, 0.29) is 11.9 Å². The minimum atomic E-state index is -0.237. The zero-order valence-electron chi connectivity index (χ0n) is 10.7. The number of piperazine rings is 1. The molecule has 1 aliphatic rings. The molecule has 1 atom stereocenters. The number of likely N-dealkylation sites (N-methyl/N-ethyl adjacent to an activating group) is 1. The second kappa shape index (κ2) is 5.26. The van der Waals surface area contributed by atoms with Crippen LogP contribution in [0.2, 0.25) is 5.02 Å². The van der Waals surface area contributed by atoms with Gasteiger partial charge in [-0.1, -0.05) is 17.7 Å². The van der Waals surface area contributed by atoms with E-state index >= 15 is 0 Å². The molecule has 1 amide bonds. The molecule has 5 heteroatoms. The Morgan fingerprint density at radius 2 is 2.17 bits per heavy atom. The second-order valence-corrected chi connectivity index (χ2v) is 5.06. The van der Waals surface area contributed by atoms with Crippen molar-refractivity contribution in [2.24, 2.45) is 5.73 Å². The number of nitrogens with zero attached hydrogens (tertiary/aromatic N) is 2. The van der Waals surface area contributed by atoms with Crippen LogP contribution in [0.4, 0.5) is 5.69 Å². The molecule has 1 heterocycles. The van der Waals surface area contributed by atoms with Crippen LogP contribution in [-0.2, 0) is 4.79 Å². The predicted octanol–water partition coefficient (Wildman–Crippen LogP) is 1.25. The number of benzene rings is 1. The zero-order chi connectivity index (χ0) is 13.3. The number of hydrogen-bond acceptors (Lipinski definition) is 3. The van der Waals surface area contributed by atoms with Crippen molar-refractivity contribution in [2.45, 2.75) is 13.0 Å². The molecule has 0 radical (unpaired) electrons. The Hall–Kier alpha value is -1.10. The van der Waals surface area contributed by atoms with Crippen LogP contribution in [0.5, 0.6) is 0 Å². The molecule has 2 rings (SSSR count). The molecule has 1 aliphatic heterocycles. The lowest BCUT2D eigenvalue weighted by atomic mass is 10.1. The molecule has 98 valence electrons. The van der Waals surface area contributed by atoms with Crippen molar-refractivity contribution in [3.63, 3.8) is 0 Å². The number of nitrogens with two attached hydrogens (primary N) is 1. The highest BCUT2D eigenvalue weighted by atomic mass is 35.5. The smallest absolute Gasteiger partial charge is 0.245 e. The van der Waals surface area contributed by atoms with Crippen molar-refractivity contribution in [3.8, 4) is 0 Å². The van der Waals surface area contributed by atoms with Gasteiger partial charge in [-0.25, -0.2) is 0 Å². The fourth-order valence-electron chi connectivity index (χ4n) is 2.18. The summed E-state index contributed by atoms with van der Waals surface area (Å²) in [6, 6.07) is 5.46. The number of halogens is 1. The van der Waals surface area contributed by atoms with E-state index in [9.17, 15) is 4.79 Å². The first-order valence-electron chi connectivity index (χ1n) is 6.02. The maximum atomic E-state index is 12.3. The lowest BCUT2D eigenvalue weighted by Crippen LogP contribution is -2.58. The first kappa shape index (κ1) is 13.3. The van der Waals surface area contributed by atoms with Crippen LogP contribution >= 0.6 is 11.6 Å². The molecular formula is C13H18ClN3O. The van der Waals surface area contributed by atoms with Crippen LogP contribution in [0.3, 0.4) is 0 Å². The minimum absolute atomic E-state index is 0.0474. The standard InChI is InChI=1S/C13H18ClN3O/c1-9-3-4-10(7-11(9)14)17-6-5-16(2)12(8-15)13(17)18/h3-4,7,12H,5-6,8,15H2,1-2H3. The zero-order valence-corrected chi connectivity index (χ0v) is 11.4. The van der Waals surface area contributed by atoms with Gasteiger partial charge in [-0.3, -0.25) is 9.69 Å². The molecule has 2 N–H and O–H groups in total. The van der Waals surface area contributed by atoms with Crippen molar-refractivity contribution in [2.75, 3.05) is 31.6 Å². The largest absolute Gasteiger partial charge is 0.328 e. The lowest BCUT2D eigenvalue weighted by Gasteiger charge is -2.38. The second-order valence-electron chi connectivity index (χ2n) is 4.66. The van der Waals surface area contributed by atoms with Gasteiger partial charge >= 0.3 is 0 Å². The van der Waals surface area contributed by atoms with Crippen molar-refractivity contribution in [1.29, 1.82) is 0 Å². The Morgan fingerprint density at radius 1 is 1.44 bits per heavy atom. The van der Waals surface area contributed by atoms with E-state index in [0.717, 1.165) is 17.8 Å². The molecule has 1 unspecified atom stereocenters. The Labute approximate surface area is 112 Å². The molecule has 1 saturated heterocycles. The number of hydrogen-bond donors (Lipinski definition) is 1. The van der Waals surface area contributed by atoms with Crippen LogP contribution in [0, 0.1) is 6.92 Å². The van der Waals surface area contributed by atoms with E-state index in [1.807, 2.05) is 37.1 Å². The average molecular weight is 268 g/mol. The van der Waals surface area contributed by atoms with E-state index in [1.165, 1.54) is 0 Å². The van der Waals surface area contributed by atoms with Gasteiger partial charge < -0.3 is 10.6 Å². The summed E-state index contributed by atoms with van der Waals surface area (Å²) in [7, 11) is 1.93. The van der Waals surface area contributed by atoms with E-state index in [0.29, 0.717) is 18.1 Å². The van der Waals surface area contributed by atoms with Crippen molar-refractivity contribution in [3.05, 3.63) is 28.8 Å². The minimum Gasteiger partial charge on any atom is -0.328 e. The van der Waals surface area contributed by atoms with Crippen molar-refractivity contribution < 1.29 is 4.79 Å². The number of amides is 1. The van der Waals surface area contributed by atoms with Gasteiger partial charge in [-0.05, 0) is 31.7 Å². The summed E-state index contributed by atoms with van der Waals surface area (Å²) in [6.07, 6.45) is 0. The summed E-state index contributed by atoms with van der Waals surface area (Å²) in [6.45, 7) is 3.77. The average Bonchev–Trinajstić information content (AvgIpc) is 2.34. The SMILES string of the molecule is Cc1ccc(N2CCN(C)C(CN)C2=O)cc1Cl. The third-order valence-corrected chi connectivity index (χ3v) is 3.86. The lowest BCUT2D eigenvalue weighted by molar-refractivity contribution is -0.124. The van der Waals surface area contributed by atoms with E-state index < -0.39 is 0 Å². The van der Waals surface area contributed by atoms with Gasteiger partial charge in [0.25, 0.3) is 0 Å². The molecule has 1 aromatic carbocycles. The van der Waals surface area contributed by atoms with Gasteiger partial charge in [0.05, 0.1) is 0 Å². The quantitative estimate of drug-likeness (QED) is 0.878. The maximum absolute atomic E-state index is 12.3. The van der Waals surface area contributed by atoms with Gasteiger partial charge in [0.1, 0.15) is 6.04 Å². The van der Waals surface area contributed by atoms with Gasteiger partial charge in [0.15, 0.2) is 0 Å².